The van der Waals surface area contributed by atoms with Crippen LogP contribution in [0.4, 0.5) is 10.5 Å². The van der Waals surface area contributed by atoms with E-state index in [1.165, 1.54) is 5.56 Å². The van der Waals surface area contributed by atoms with E-state index in [0.717, 1.165) is 12.8 Å². The lowest BCUT2D eigenvalue weighted by molar-refractivity contribution is 0.0951. The van der Waals surface area contributed by atoms with Crippen molar-refractivity contribution in [3.8, 4) is 0 Å². The van der Waals surface area contributed by atoms with Crippen molar-refractivity contribution in [3.63, 3.8) is 0 Å². The van der Waals surface area contributed by atoms with Crippen LogP contribution in [-0.2, 0) is 0 Å². The van der Waals surface area contributed by atoms with Crippen molar-refractivity contribution in [2.45, 2.75) is 31.7 Å². The third-order valence-corrected chi connectivity index (χ3v) is 4.23. The van der Waals surface area contributed by atoms with Gasteiger partial charge in [-0.1, -0.05) is 43.3 Å². The zero-order valence-corrected chi connectivity index (χ0v) is 14.3. The molecule has 5 nitrogen and oxygen atoms in total. The lowest BCUT2D eigenvalue weighted by atomic mass is 10.0. The van der Waals surface area contributed by atoms with Gasteiger partial charge in [0.05, 0.1) is 0 Å². The average Bonchev–Trinajstić information content (AvgIpc) is 3.44. The van der Waals surface area contributed by atoms with Crippen molar-refractivity contribution in [1.82, 2.24) is 10.6 Å². The Labute approximate surface area is 147 Å². The molecule has 3 rings (SSSR count). The van der Waals surface area contributed by atoms with Crippen molar-refractivity contribution in [3.05, 3.63) is 65.7 Å². The molecule has 2 aromatic carbocycles. The second kappa shape index (κ2) is 7.83. The van der Waals surface area contributed by atoms with Crippen molar-refractivity contribution >= 4 is 17.6 Å². The highest BCUT2D eigenvalue weighted by Gasteiger charge is 2.23. The highest BCUT2D eigenvalue weighted by atomic mass is 16.2. The van der Waals surface area contributed by atoms with Gasteiger partial charge in [0.2, 0.25) is 0 Å². The highest BCUT2D eigenvalue weighted by Crippen LogP contribution is 2.20. The van der Waals surface area contributed by atoms with Gasteiger partial charge in [-0.25, -0.2) is 4.79 Å². The van der Waals surface area contributed by atoms with Gasteiger partial charge >= 0.3 is 6.03 Å². The Kier molecular flexibility index (Phi) is 5.33. The Morgan fingerprint density at radius 1 is 1.08 bits per heavy atom. The quantitative estimate of drug-likeness (QED) is 0.755. The number of carbonyl (C=O) groups is 2. The fraction of sp³-hybridized carbons (Fsp3) is 0.300. The average molecular weight is 337 g/mol. The standard InChI is InChI=1S/C20H23N3O2/c1-14(15-6-3-2-4-7-15)13-21-20(25)23-18-9-5-8-16(12-18)19(24)22-17-10-11-17/h2-9,12,14,17H,10-11,13H2,1H3,(H,22,24)(H2,21,23,25)/t14-/m0/s1. The third kappa shape index (κ3) is 5.08. The van der Waals surface area contributed by atoms with Gasteiger partial charge in [-0.05, 0) is 42.5 Å². The maximum atomic E-state index is 12.1. The zero-order valence-electron chi connectivity index (χ0n) is 14.3. The Balaban J connectivity index is 1.51. The molecule has 0 saturated heterocycles. The molecule has 1 aliphatic carbocycles. The maximum absolute atomic E-state index is 12.1. The van der Waals surface area contributed by atoms with Gasteiger partial charge in [0.25, 0.3) is 5.91 Å². The van der Waals surface area contributed by atoms with E-state index in [0.29, 0.717) is 23.8 Å². The zero-order chi connectivity index (χ0) is 17.6. The van der Waals surface area contributed by atoms with E-state index in [4.69, 9.17) is 0 Å². The van der Waals surface area contributed by atoms with E-state index in [2.05, 4.69) is 22.9 Å². The third-order valence-electron chi connectivity index (χ3n) is 4.23. The van der Waals surface area contributed by atoms with Crippen LogP contribution in [0.3, 0.4) is 0 Å². The first-order valence-electron chi connectivity index (χ1n) is 8.62. The van der Waals surface area contributed by atoms with Crippen molar-refractivity contribution < 1.29 is 9.59 Å². The number of urea groups is 1. The first kappa shape index (κ1) is 17.0. The van der Waals surface area contributed by atoms with Crippen molar-refractivity contribution in [1.29, 1.82) is 0 Å². The number of hydrogen-bond acceptors (Lipinski definition) is 2. The number of carbonyl (C=O) groups excluding carboxylic acids is 2. The van der Waals surface area contributed by atoms with Crippen LogP contribution in [0.2, 0.25) is 0 Å². The first-order valence-corrected chi connectivity index (χ1v) is 8.62. The van der Waals surface area contributed by atoms with E-state index >= 15 is 0 Å². The SMILES string of the molecule is C[C@@H](CNC(=O)Nc1cccc(C(=O)NC2CC2)c1)c1ccccc1. The van der Waals surface area contributed by atoms with Crippen molar-refractivity contribution in [2.24, 2.45) is 0 Å². The van der Waals surface area contributed by atoms with Crippen LogP contribution in [0.25, 0.3) is 0 Å². The van der Waals surface area contributed by atoms with Gasteiger partial charge in [0.1, 0.15) is 0 Å². The molecular weight excluding hydrogens is 314 g/mol. The van der Waals surface area contributed by atoms with Gasteiger partial charge in [-0.3, -0.25) is 4.79 Å². The largest absolute Gasteiger partial charge is 0.349 e. The molecule has 3 N–H and O–H groups in total. The van der Waals surface area contributed by atoms with Crippen LogP contribution >= 0.6 is 0 Å². The molecule has 1 saturated carbocycles. The number of nitrogens with one attached hydrogen (secondary N) is 3. The molecule has 2 aromatic rings. The van der Waals surface area contributed by atoms with E-state index in [-0.39, 0.29) is 17.9 Å². The minimum Gasteiger partial charge on any atom is -0.349 e. The van der Waals surface area contributed by atoms with Crippen LogP contribution in [0.15, 0.2) is 54.6 Å². The fourth-order valence-corrected chi connectivity index (χ4v) is 2.56. The number of amides is 3. The van der Waals surface area contributed by atoms with Gasteiger partial charge < -0.3 is 16.0 Å². The molecule has 5 heteroatoms. The lowest BCUT2D eigenvalue weighted by Gasteiger charge is -2.14. The van der Waals surface area contributed by atoms with Crippen LogP contribution in [-0.4, -0.2) is 24.5 Å². The molecule has 1 atom stereocenters. The number of benzene rings is 2. The van der Waals surface area contributed by atoms with E-state index < -0.39 is 0 Å². The summed E-state index contributed by atoms with van der Waals surface area (Å²) in [6.45, 7) is 2.61. The summed E-state index contributed by atoms with van der Waals surface area (Å²) < 4.78 is 0. The summed E-state index contributed by atoms with van der Waals surface area (Å²) in [5, 5.41) is 8.59. The van der Waals surface area contributed by atoms with Gasteiger partial charge in [0.15, 0.2) is 0 Å². The van der Waals surface area contributed by atoms with Crippen LogP contribution < -0.4 is 16.0 Å². The molecule has 0 aliphatic heterocycles. The first-order chi connectivity index (χ1) is 12.1. The Morgan fingerprint density at radius 2 is 1.84 bits per heavy atom. The van der Waals surface area contributed by atoms with Gasteiger partial charge in [-0.2, -0.15) is 0 Å². The molecule has 0 radical (unpaired) electrons. The summed E-state index contributed by atoms with van der Waals surface area (Å²) in [6.07, 6.45) is 2.09. The lowest BCUT2D eigenvalue weighted by Crippen LogP contribution is -2.32. The number of rotatable bonds is 6. The second-order valence-corrected chi connectivity index (χ2v) is 6.48. The maximum Gasteiger partial charge on any atom is 0.319 e. The predicted octanol–water partition coefficient (Wildman–Crippen LogP) is 3.50. The number of anilines is 1. The summed E-state index contributed by atoms with van der Waals surface area (Å²) in [5.41, 5.74) is 2.34. The Morgan fingerprint density at radius 3 is 2.56 bits per heavy atom. The molecule has 25 heavy (non-hydrogen) atoms. The molecule has 0 heterocycles. The minimum absolute atomic E-state index is 0.0933. The van der Waals surface area contributed by atoms with Gasteiger partial charge in [-0.15, -0.1) is 0 Å². The van der Waals surface area contributed by atoms with Crippen LogP contribution in [0, 0.1) is 0 Å². The molecule has 0 unspecified atom stereocenters. The minimum atomic E-state index is -0.275. The van der Waals surface area contributed by atoms with E-state index in [9.17, 15) is 9.59 Å². The monoisotopic (exact) mass is 337 g/mol. The van der Waals surface area contributed by atoms with E-state index in [1.54, 1.807) is 24.3 Å². The molecule has 0 aromatic heterocycles. The molecule has 0 spiro atoms. The fourth-order valence-electron chi connectivity index (χ4n) is 2.56. The molecule has 3 amide bonds. The molecule has 130 valence electrons. The second-order valence-electron chi connectivity index (χ2n) is 6.48. The summed E-state index contributed by atoms with van der Waals surface area (Å²) in [4.78, 5) is 24.2. The summed E-state index contributed by atoms with van der Waals surface area (Å²) >= 11 is 0. The smallest absolute Gasteiger partial charge is 0.319 e. The topological polar surface area (TPSA) is 70.2 Å². The van der Waals surface area contributed by atoms with E-state index in [1.807, 2.05) is 30.3 Å². The molecular formula is C20H23N3O2. The molecule has 0 bridgehead atoms. The highest BCUT2D eigenvalue weighted by molar-refractivity contribution is 5.97. The normalized spacial score (nSPS) is 14.4. The Bertz CT molecular complexity index is 742. The van der Waals surface area contributed by atoms with Crippen LogP contribution in [0.5, 0.6) is 0 Å². The Hall–Kier alpha value is -2.82. The summed E-state index contributed by atoms with van der Waals surface area (Å²) in [7, 11) is 0. The molecule has 1 aliphatic rings. The number of hydrogen-bond donors (Lipinski definition) is 3. The van der Waals surface area contributed by atoms with Gasteiger partial charge in [0, 0.05) is 23.8 Å². The predicted molar refractivity (Wildman–Crippen MR) is 98.8 cm³/mol. The molecule has 1 fully saturated rings. The van der Waals surface area contributed by atoms with Crippen LogP contribution in [0.1, 0.15) is 41.6 Å². The summed E-state index contributed by atoms with van der Waals surface area (Å²) in [5.74, 6) is 0.131. The van der Waals surface area contributed by atoms with Crippen molar-refractivity contribution in [2.75, 3.05) is 11.9 Å². The summed E-state index contributed by atoms with van der Waals surface area (Å²) in [6, 6.07) is 17.1.